The number of phenolic OH excluding ortho intramolecular Hbond substituents is 1. The minimum Gasteiger partial charge on any atom is -0.504 e. The molecule has 22 heavy (non-hydrogen) atoms. The van der Waals surface area contributed by atoms with Crippen LogP contribution in [0.2, 0.25) is 0 Å². The third kappa shape index (κ3) is 2.20. The topological polar surface area (TPSA) is 78.9 Å². The lowest BCUT2D eigenvalue weighted by Gasteiger charge is -2.19. The number of methoxy groups -OCH3 is 1. The summed E-state index contributed by atoms with van der Waals surface area (Å²) in [6.45, 7) is 2.49. The summed E-state index contributed by atoms with van der Waals surface area (Å²) in [5.74, 6) is -0.349. The van der Waals surface area contributed by atoms with Crippen LogP contribution in [0.15, 0.2) is 23.8 Å². The highest BCUT2D eigenvalue weighted by atomic mass is 16.5. The maximum absolute atomic E-state index is 12.8. The van der Waals surface area contributed by atoms with Crippen molar-refractivity contribution in [3.05, 3.63) is 29.3 Å². The van der Waals surface area contributed by atoms with Gasteiger partial charge in [-0.2, -0.15) is 0 Å². The summed E-state index contributed by atoms with van der Waals surface area (Å²) in [7, 11) is 1.42. The molecule has 2 aliphatic rings. The van der Waals surface area contributed by atoms with Crippen molar-refractivity contribution in [2.24, 2.45) is 0 Å². The Kier molecular flexibility index (Phi) is 3.52. The Morgan fingerprint density at radius 1 is 1.45 bits per heavy atom. The molecule has 6 heteroatoms. The highest BCUT2D eigenvalue weighted by Gasteiger charge is 2.40. The quantitative estimate of drug-likeness (QED) is 0.818. The smallest absolute Gasteiger partial charge is 0.257 e. The molecule has 1 aromatic carbocycles. The number of hydrogen-bond acceptors (Lipinski definition) is 4. The molecule has 1 aromatic rings. The monoisotopic (exact) mass is 302 g/mol. The minimum atomic E-state index is -0.495. The van der Waals surface area contributed by atoms with Gasteiger partial charge >= 0.3 is 0 Å². The van der Waals surface area contributed by atoms with Crippen molar-refractivity contribution in [2.45, 2.75) is 25.8 Å². The van der Waals surface area contributed by atoms with E-state index in [1.165, 1.54) is 19.2 Å². The first-order valence-corrected chi connectivity index (χ1v) is 7.26. The summed E-state index contributed by atoms with van der Waals surface area (Å²) in [5.41, 5.74) is 1.76. The van der Waals surface area contributed by atoms with Crippen molar-refractivity contribution in [1.29, 1.82) is 0 Å². The molecule has 2 heterocycles. The molecule has 3 rings (SSSR count). The number of nitrogens with one attached hydrogen (secondary N) is 1. The number of allylic oxidation sites excluding steroid dienone is 1. The molecule has 0 aromatic heterocycles. The minimum absolute atomic E-state index is 0.108. The van der Waals surface area contributed by atoms with Gasteiger partial charge in [0.05, 0.1) is 18.4 Å². The summed E-state index contributed by atoms with van der Waals surface area (Å²) in [4.78, 5) is 26.7. The fraction of sp³-hybridized carbons (Fsp3) is 0.375. The van der Waals surface area contributed by atoms with Crippen LogP contribution in [0.3, 0.4) is 0 Å². The van der Waals surface area contributed by atoms with E-state index in [1.807, 2.05) is 6.92 Å². The van der Waals surface area contributed by atoms with Crippen LogP contribution in [0.1, 0.15) is 30.1 Å². The van der Waals surface area contributed by atoms with Gasteiger partial charge in [-0.25, -0.2) is 0 Å². The predicted octanol–water partition coefficient (Wildman–Crippen LogP) is 1.90. The molecule has 116 valence electrons. The second-order valence-electron chi connectivity index (χ2n) is 5.48. The van der Waals surface area contributed by atoms with E-state index < -0.39 is 6.04 Å². The van der Waals surface area contributed by atoms with Gasteiger partial charge < -0.3 is 20.1 Å². The first kappa shape index (κ1) is 14.4. The lowest BCUT2D eigenvalue weighted by molar-refractivity contribution is -0.119. The van der Waals surface area contributed by atoms with Crippen molar-refractivity contribution >= 4 is 17.5 Å². The molecule has 2 aliphatic heterocycles. The van der Waals surface area contributed by atoms with Gasteiger partial charge in [0.2, 0.25) is 5.91 Å². The lowest BCUT2D eigenvalue weighted by atomic mass is 10.1. The molecule has 2 N–H and O–H groups in total. The molecule has 1 fully saturated rings. The fourth-order valence-electron chi connectivity index (χ4n) is 3.02. The van der Waals surface area contributed by atoms with Gasteiger partial charge in [-0.15, -0.1) is 0 Å². The van der Waals surface area contributed by atoms with E-state index in [0.717, 1.165) is 12.0 Å². The Hall–Kier alpha value is -2.50. The van der Waals surface area contributed by atoms with Crippen LogP contribution in [-0.4, -0.2) is 41.5 Å². The second kappa shape index (κ2) is 5.36. The van der Waals surface area contributed by atoms with Gasteiger partial charge in [-0.3, -0.25) is 9.59 Å². The number of anilines is 1. The highest BCUT2D eigenvalue weighted by molar-refractivity contribution is 6.11. The van der Waals surface area contributed by atoms with Gasteiger partial charge in [0.1, 0.15) is 6.04 Å². The molecule has 0 spiro atoms. The SMILES string of the molecule is CC/C=C1\C[C@H]2C(=O)Nc3cc(O)c(OC)cc3C(=O)N2C1. The van der Waals surface area contributed by atoms with Crippen molar-refractivity contribution < 1.29 is 19.4 Å². The molecule has 0 unspecified atom stereocenters. The average Bonchev–Trinajstić information content (AvgIpc) is 2.88. The number of fused-ring (bicyclic) bond motifs is 2. The summed E-state index contributed by atoms with van der Waals surface area (Å²) in [6.07, 6.45) is 3.50. The Labute approximate surface area is 128 Å². The summed E-state index contributed by atoms with van der Waals surface area (Å²) < 4.78 is 5.05. The molecule has 6 nitrogen and oxygen atoms in total. The third-order valence-electron chi connectivity index (χ3n) is 4.07. The van der Waals surface area contributed by atoms with Crippen molar-refractivity contribution in [3.8, 4) is 11.5 Å². The Bertz CT molecular complexity index is 681. The maximum Gasteiger partial charge on any atom is 0.257 e. The number of benzene rings is 1. The molecule has 1 saturated heterocycles. The molecule has 0 aliphatic carbocycles. The number of hydrogen-bond donors (Lipinski definition) is 2. The van der Waals surface area contributed by atoms with Gasteiger partial charge in [0.15, 0.2) is 11.5 Å². The van der Waals surface area contributed by atoms with Crippen LogP contribution in [0.25, 0.3) is 0 Å². The fourth-order valence-corrected chi connectivity index (χ4v) is 3.02. The summed E-state index contributed by atoms with van der Waals surface area (Å²) >= 11 is 0. The first-order chi connectivity index (χ1) is 10.5. The van der Waals surface area contributed by atoms with E-state index in [1.54, 1.807) is 4.90 Å². The number of rotatable bonds is 2. The van der Waals surface area contributed by atoms with Crippen LogP contribution >= 0.6 is 0 Å². The van der Waals surface area contributed by atoms with E-state index >= 15 is 0 Å². The summed E-state index contributed by atoms with van der Waals surface area (Å²) in [5, 5.41) is 12.6. The molecular weight excluding hydrogens is 284 g/mol. The normalized spacial score (nSPS) is 22.2. The molecule has 2 amide bonds. The van der Waals surface area contributed by atoms with Gasteiger partial charge in [-0.1, -0.05) is 18.6 Å². The number of ether oxygens (including phenoxy) is 1. The van der Waals surface area contributed by atoms with Gasteiger partial charge in [-0.05, 0) is 18.9 Å². The zero-order valence-electron chi connectivity index (χ0n) is 12.5. The van der Waals surface area contributed by atoms with E-state index in [-0.39, 0.29) is 23.3 Å². The predicted molar refractivity (Wildman–Crippen MR) is 81.1 cm³/mol. The van der Waals surface area contributed by atoms with Crippen LogP contribution in [-0.2, 0) is 4.79 Å². The van der Waals surface area contributed by atoms with Crippen LogP contribution in [0.5, 0.6) is 11.5 Å². The van der Waals surface area contributed by atoms with Crippen LogP contribution in [0.4, 0.5) is 5.69 Å². The second-order valence-corrected chi connectivity index (χ2v) is 5.48. The van der Waals surface area contributed by atoms with Gasteiger partial charge in [0.25, 0.3) is 5.91 Å². The van der Waals surface area contributed by atoms with E-state index in [0.29, 0.717) is 24.2 Å². The molecule has 1 atom stereocenters. The Morgan fingerprint density at radius 3 is 2.91 bits per heavy atom. The lowest BCUT2D eigenvalue weighted by Crippen LogP contribution is -2.40. The largest absolute Gasteiger partial charge is 0.504 e. The van der Waals surface area contributed by atoms with E-state index in [4.69, 9.17) is 4.74 Å². The van der Waals surface area contributed by atoms with E-state index in [9.17, 15) is 14.7 Å². The number of carbonyl (C=O) groups excluding carboxylic acids is 2. The standard InChI is InChI=1S/C16H18N2O4/c1-3-4-9-5-12-15(20)17-11-7-13(19)14(22-2)6-10(11)16(21)18(12)8-9/h4,6-7,12,19H,3,5,8H2,1-2H3,(H,17,20)/b9-4+/t12-/m0/s1. The number of amides is 2. The van der Waals surface area contributed by atoms with Crippen LogP contribution < -0.4 is 10.1 Å². The summed E-state index contributed by atoms with van der Waals surface area (Å²) in [6, 6.07) is 2.33. The van der Waals surface area contributed by atoms with Crippen molar-refractivity contribution in [2.75, 3.05) is 19.0 Å². The van der Waals surface area contributed by atoms with Crippen LogP contribution in [0, 0.1) is 0 Å². The van der Waals surface area contributed by atoms with E-state index in [2.05, 4.69) is 11.4 Å². The molecule has 0 radical (unpaired) electrons. The zero-order valence-corrected chi connectivity index (χ0v) is 12.5. The van der Waals surface area contributed by atoms with Gasteiger partial charge in [0, 0.05) is 12.6 Å². The molecule has 0 saturated carbocycles. The Balaban J connectivity index is 2.05. The highest BCUT2D eigenvalue weighted by Crippen LogP contribution is 2.37. The number of nitrogens with zero attached hydrogens (tertiary/aromatic N) is 1. The number of aromatic hydroxyl groups is 1. The third-order valence-corrected chi connectivity index (χ3v) is 4.07. The van der Waals surface area contributed by atoms with Crippen molar-refractivity contribution in [1.82, 2.24) is 4.90 Å². The Morgan fingerprint density at radius 2 is 2.23 bits per heavy atom. The molecular formula is C16H18N2O4. The number of phenols is 1. The van der Waals surface area contributed by atoms with Crippen molar-refractivity contribution in [3.63, 3.8) is 0 Å². The first-order valence-electron chi connectivity index (χ1n) is 7.26. The molecule has 0 bridgehead atoms. The number of carbonyl (C=O) groups is 2. The zero-order chi connectivity index (χ0) is 15.9. The average molecular weight is 302 g/mol. The maximum atomic E-state index is 12.8.